The number of benzene rings is 2. The van der Waals surface area contributed by atoms with E-state index in [1.165, 1.54) is 0 Å². The molecule has 8 heteroatoms. The molecule has 2 N–H and O–H groups in total. The second-order valence-corrected chi connectivity index (χ2v) is 5.97. The Labute approximate surface area is 174 Å². The topological polar surface area (TPSA) is 85.9 Å². The van der Waals surface area contributed by atoms with E-state index in [4.69, 9.17) is 21.7 Å². The van der Waals surface area contributed by atoms with Gasteiger partial charge >= 0.3 is 5.97 Å². The van der Waals surface area contributed by atoms with Crippen LogP contribution in [-0.4, -0.2) is 36.8 Å². The van der Waals surface area contributed by atoms with Crippen LogP contribution in [0.15, 0.2) is 66.7 Å². The summed E-state index contributed by atoms with van der Waals surface area (Å²) in [5.74, 6) is 0.350. The first-order valence-electron chi connectivity index (χ1n) is 8.94. The minimum absolute atomic E-state index is 0.105. The van der Waals surface area contributed by atoms with Crippen LogP contribution in [0, 0.1) is 0 Å². The number of thiocarbonyl (C=S) groups is 1. The second kappa shape index (κ2) is 12.1. The Balaban J connectivity index is 1.70. The highest BCUT2D eigenvalue weighted by Gasteiger charge is 2.04. The molecule has 0 aliphatic heterocycles. The molecule has 7 nitrogen and oxygen atoms in total. The summed E-state index contributed by atoms with van der Waals surface area (Å²) in [6, 6.07) is 16.6. The minimum atomic E-state index is -0.591. The van der Waals surface area contributed by atoms with Crippen molar-refractivity contribution in [3.63, 3.8) is 0 Å². The molecule has 0 atom stereocenters. The third-order valence-electron chi connectivity index (χ3n) is 3.37. The van der Waals surface area contributed by atoms with Crippen molar-refractivity contribution in [3.8, 4) is 11.5 Å². The molecule has 0 bridgehead atoms. The number of rotatable bonds is 9. The third kappa shape index (κ3) is 8.89. The van der Waals surface area contributed by atoms with Crippen molar-refractivity contribution < 1.29 is 23.8 Å². The molecular formula is C21H22N2O5S. The van der Waals surface area contributed by atoms with Crippen LogP contribution in [0.2, 0.25) is 0 Å². The molecule has 1 amide bonds. The Kier molecular flexibility index (Phi) is 9.17. The molecular weight excluding hydrogens is 392 g/mol. The zero-order chi connectivity index (χ0) is 20.9. The number of carbonyl (C=O) groups excluding carboxylic acids is 2. The highest BCUT2D eigenvalue weighted by Crippen LogP contribution is 2.16. The van der Waals surface area contributed by atoms with E-state index in [2.05, 4.69) is 15.4 Å². The molecule has 0 saturated carbocycles. The van der Waals surface area contributed by atoms with Gasteiger partial charge in [-0.1, -0.05) is 18.2 Å². The lowest BCUT2D eigenvalue weighted by Crippen LogP contribution is -2.32. The number of amides is 1. The van der Waals surface area contributed by atoms with Gasteiger partial charge in [0.2, 0.25) is 5.91 Å². The third-order valence-corrected chi connectivity index (χ3v) is 3.57. The van der Waals surface area contributed by atoms with Gasteiger partial charge in [0.15, 0.2) is 5.11 Å². The van der Waals surface area contributed by atoms with Crippen LogP contribution < -0.4 is 20.1 Å². The number of esters is 1. The molecule has 0 spiro atoms. The van der Waals surface area contributed by atoms with Crippen LogP contribution >= 0.6 is 12.2 Å². The average molecular weight is 414 g/mol. The van der Waals surface area contributed by atoms with E-state index in [-0.39, 0.29) is 11.7 Å². The van der Waals surface area contributed by atoms with Gasteiger partial charge in [-0.2, -0.15) is 0 Å². The van der Waals surface area contributed by atoms with E-state index in [0.717, 1.165) is 17.9 Å². The standard InChI is InChI=1S/C21H22N2O5S/c1-2-26-20(25)13-12-19(24)23-21(29)22-16-8-10-18(11-9-16)28-15-14-27-17-6-4-3-5-7-17/h3-13H,2,14-15H2,1H3,(H2,22,23,24,29)/b13-12+. The van der Waals surface area contributed by atoms with Crippen molar-refractivity contribution >= 4 is 34.9 Å². The fourth-order valence-electron chi connectivity index (χ4n) is 2.12. The maximum absolute atomic E-state index is 11.7. The number of carbonyl (C=O) groups is 2. The molecule has 2 aromatic rings. The monoisotopic (exact) mass is 414 g/mol. The second-order valence-electron chi connectivity index (χ2n) is 5.56. The summed E-state index contributed by atoms with van der Waals surface area (Å²) in [6.07, 6.45) is 2.09. The van der Waals surface area contributed by atoms with Gasteiger partial charge in [-0.3, -0.25) is 10.1 Å². The van der Waals surface area contributed by atoms with E-state index >= 15 is 0 Å². The molecule has 0 aliphatic rings. The lowest BCUT2D eigenvalue weighted by atomic mass is 10.3. The van der Waals surface area contributed by atoms with Crippen molar-refractivity contribution in [2.45, 2.75) is 6.92 Å². The summed E-state index contributed by atoms with van der Waals surface area (Å²) in [7, 11) is 0. The van der Waals surface area contributed by atoms with Crippen LogP contribution in [0.3, 0.4) is 0 Å². The molecule has 0 saturated heterocycles. The first-order valence-corrected chi connectivity index (χ1v) is 9.35. The fraction of sp³-hybridized carbons (Fsp3) is 0.190. The number of ether oxygens (including phenoxy) is 3. The van der Waals surface area contributed by atoms with E-state index in [1.807, 2.05) is 30.3 Å². The molecule has 2 aromatic carbocycles. The van der Waals surface area contributed by atoms with Gasteiger partial charge in [-0.15, -0.1) is 0 Å². The predicted octanol–water partition coefficient (Wildman–Crippen LogP) is 3.08. The van der Waals surface area contributed by atoms with E-state index in [9.17, 15) is 9.59 Å². The zero-order valence-electron chi connectivity index (χ0n) is 15.9. The molecule has 2 rings (SSSR count). The average Bonchev–Trinajstić information content (AvgIpc) is 2.72. The summed E-state index contributed by atoms with van der Waals surface area (Å²) in [4.78, 5) is 22.9. The maximum atomic E-state index is 11.7. The molecule has 0 unspecified atom stereocenters. The fourth-order valence-corrected chi connectivity index (χ4v) is 2.34. The van der Waals surface area contributed by atoms with E-state index in [0.29, 0.717) is 24.7 Å². The normalized spacial score (nSPS) is 10.2. The highest BCUT2D eigenvalue weighted by molar-refractivity contribution is 7.80. The van der Waals surface area contributed by atoms with Gasteiger partial charge in [0, 0.05) is 17.8 Å². The molecule has 0 aliphatic carbocycles. The first kappa shape index (κ1) is 21.9. The van der Waals surface area contributed by atoms with Crippen molar-refractivity contribution in [2.75, 3.05) is 25.1 Å². The van der Waals surface area contributed by atoms with Gasteiger partial charge in [0.25, 0.3) is 0 Å². The van der Waals surface area contributed by atoms with Crippen LogP contribution in [0.5, 0.6) is 11.5 Å². The summed E-state index contributed by atoms with van der Waals surface area (Å²) in [6.45, 7) is 2.76. The molecule has 152 valence electrons. The number of para-hydroxylation sites is 1. The smallest absolute Gasteiger partial charge is 0.330 e. The minimum Gasteiger partial charge on any atom is -0.490 e. The quantitative estimate of drug-likeness (QED) is 0.282. The first-order chi connectivity index (χ1) is 14.1. The van der Waals surface area contributed by atoms with Gasteiger partial charge in [-0.05, 0) is 55.5 Å². The molecule has 0 aromatic heterocycles. The summed E-state index contributed by atoms with van der Waals surface area (Å²) in [5.41, 5.74) is 0.678. The van der Waals surface area contributed by atoms with E-state index in [1.54, 1.807) is 31.2 Å². The number of hydrogen-bond acceptors (Lipinski definition) is 6. The largest absolute Gasteiger partial charge is 0.490 e. The number of hydrogen-bond donors (Lipinski definition) is 2. The number of nitrogens with one attached hydrogen (secondary N) is 2. The molecule has 0 radical (unpaired) electrons. The van der Waals surface area contributed by atoms with Crippen molar-refractivity contribution in [3.05, 3.63) is 66.7 Å². The van der Waals surface area contributed by atoms with Crippen molar-refractivity contribution in [1.82, 2.24) is 5.32 Å². The molecule has 0 heterocycles. The van der Waals surface area contributed by atoms with Crippen molar-refractivity contribution in [2.24, 2.45) is 0 Å². The van der Waals surface area contributed by atoms with Crippen LogP contribution in [0.25, 0.3) is 0 Å². The van der Waals surface area contributed by atoms with Gasteiger partial charge in [-0.25, -0.2) is 4.79 Å². The lowest BCUT2D eigenvalue weighted by molar-refractivity contribution is -0.137. The molecule has 0 fully saturated rings. The maximum Gasteiger partial charge on any atom is 0.330 e. The highest BCUT2D eigenvalue weighted by atomic mass is 32.1. The zero-order valence-corrected chi connectivity index (χ0v) is 16.7. The summed E-state index contributed by atoms with van der Waals surface area (Å²) >= 11 is 5.07. The lowest BCUT2D eigenvalue weighted by Gasteiger charge is -2.10. The number of anilines is 1. The van der Waals surface area contributed by atoms with Crippen LogP contribution in [-0.2, 0) is 14.3 Å². The Bertz CT molecular complexity index is 838. The van der Waals surface area contributed by atoms with E-state index < -0.39 is 11.9 Å². The Hall–Kier alpha value is -3.39. The Morgan fingerprint density at radius 1 is 0.931 bits per heavy atom. The Morgan fingerprint density at radius 2 is 1.55 bits per heavy atom. The summed E-state index contributed by atoms with van der Waals surface area (Å²) < 4.78 is 15.9. The SMILES string of the molecule is CCOC(=O)/C=C/C(=O)NC(=S)Nc1ccc(OCCOc2ccccc2)cc1. The van der Waals surface area contributed by atoms with Gasteiger partial charge in [0.05, 0.1) is 6.61 Å². The summed E-state index contributed by atoms with van der Waals surface area (Å²) in [5, 5.41) is 5.41. The van der Waals surface area contributed by atoms with Crippen LogP contribution in [0.1, 0.15) is 6.92 Å². The Morgan fingerprint density at radius 3 is 2.17 bits per heavy atom. The predicted molar refractivity (Wildman–Crippen MR) is 114 cm³/mol. The van der Waals surface area contributed by atoms with Crippen LogP contribution in [0.4, 0.5) is 5.69 Å². The van der Waals surface area contributed by atoms with Gasteiger partial charge < -0.3 is 19.5 Å². The van der Waals surface area contributed by atoms with Crippen molar-refractivity contribution in [1.29, 1.82) is 0 Å². The van der Waals surface area contributed by atoms with Gasteiger partial charge in [0.1, 0.15) is 24.7 Å². The molecule has 29 heavy (non-hydrogen) atoms.